The van der Waals surface area contributed by atoms with Crippen molar-refractivity contribution in [3.8, 4) is 0 Å². The van der Waals surface area contributed by atoms with Crippen molar-refractivity contribution in [2.75, 3.05) is 13.2 Å². The van der Waals surface area contributed by atoms with Crippen LogP contribution in [0.5, 0.6) is 0 Å². The van der Waals surface area contributed by atoms with E-state index in [0.29, 0.717) is 12.8 Å². The highest BCUT2D eigenvalue weighted by atomic mass is 16.7. The lowest BCUT2D eigenvalue weighted by Gasteiger charge is -2.41. The van der Waals surface area contributed by atoms with Crippen molar-refractivity contribution in [2.45, 2.75) is 211 Å². The number of carbonyl (C=O) groups is 2. The molecule has 11 nitrogen and oxygen atoms in total. The number of hydrogen-bond donors (Lipinski definition) is 6. The van der Waals surface area contributed by atoms with Gasteiger partial charge in [0.2, 0.25) is 5.91 Å². The molecule has 1 rings (SSSR count). The molecule has 394 valence electrons. The van der Waals surface area contributed by atoms with Crippen LogP contribution in [-0.4, -0.2) is 99.6 Å². The summed E-state index contributed by atoms with van der Waals surface area (Å²) >= 11 is 0. The van der Waals surface area contributed by atoms with Gasteiger partial charge in [-0.2, -0.15) is 0 Å². The lowest BCUT2D eigenvalue weighted by Crippen LogP contribution is -2.61. The second-order valence-corrected chi connectivity index (χ2v) is 17.7. The van der Waals surface area contributed by atoms with Crippen LogP contribution in [0.4, 0.5) is 0 Å². The molecule has 0 spiro atoms. The van der Waals surface area contributed by atoms with E-state index in [1.807, 2.05) is 109 Å². The van der Waals surface area contributed by atoms with Gasteiger partial charge in [0.15, 0.2) is 12.4 Å². The fourth-order valence-electron chi connectivity index (χ4n) is 7.34. The zero-order chi connectivity index (χ0) is 51.1. The molecule has 1 aliphatic heterocycles. The normalized spacial score (nSPS) is 20.8. The van der Waals surface area contributed by atoms with Crippen molar-refractivity contribution >= 4 is 11.9 Å². The molecule has 0 aliphatic carbocycles. The van der Waals surface area contributed by atoms with Gasteiger partial charge in [0.25, 0.3) is 0 Å². The van der Waals surface area contributed by atoms with E-state index in [0.717, 1.165) is 70.6 Å². The van der Waals surface area contributed by atoms with E-state index in [9.17, 15) is 35.1 Å². The molecule has 11 heteroatoms. The zero-order valence-electron chi connectivity index (χ0n) is 43.1. The quantitative estimate of drug-likeness (QED) is 0.0150. The van der Waals surface area contributed by atoms with Crippen LogP contribution in [0.1, 0.15) is 162 Å². The van der Waals surface area contributed by atoms with Crippen molar-refractivity contribution in [3.63, 3.8) is 0 Å². The average Bonchev–Trinajstić information content (AvgIpc) is 3.36. The molecular weight excluding hydrogens is 883 g/mol. The van der Waals surface area contributed by atoms with Crippen molar-refractivity contribution in [3.05, 3.63) is 134 Å². The molecule has 8 atom stereocenters. The smallest absolute Gasteiger partial charge is 0.306 e. The summed E-state index contributed by atoms with van der Waals surface area (Å²) in [6.45, 7) is 5.39. The first-order valence-electron chi connectivity index (χ1n) is 26.6. The molecule has 0 bridgehead atoms. The first-order valence-corrected chi connectivity index (χ1v) is 26.6. The van der Waals surface area contributed by atoms with Gasteiger partial charge >= 0.3 is 5.97 Å². The first-order chi connectivity index (χ1) is 34.2. The molecule has 1 aliphatic rings. The van der Waals surface area contributed by atoms with E-state index >= 15 is 0 Å². The summed E-state index contributed by atoms with van der Waals surface area (Å²) < 4.78 is 17.4. The Kier molecular flexibility index (Phi) is 41.9. The fourth-order valence-corrected chi connectivity index (χ4v) is 7.34. The topological polar surface area (TPSA) is 175 Å². The standard InChI is InChI=1S/C59H93NO10/c1-4-7-10-13-16-19-22-25-26-27-29-31-34-37-40-43-46-52(63)58(67)60-50(51(62)45-42-39-36-33-30-24-21-18-15-12-9-6-3)49-68-59-57(56(66)55(65)53(48-61)69-59)70-54(64)47-44-41-38-35-32-28-23-20-17-14-11-8-5-2/h7-8,10-11,13-14,16-17,19-20,22-23,25-29,31-32,34,42,45,50-53,55-57,59,61-63,65-66H,4-6,9,12,15,18,21,24,30,33,35-41,43-44,46-49H2,1-3H3,(H,60,67)/b10-7-,11-8+,16-13+,17-14+,22-19+,23-20-,26-25-,29-27+,32-28-,34-31+,45-42+. The van der Waals surface area contributed by atoms with E-state index < -0.39 is 67.4 Å². The Morgan fingerprint density at radius 3 is 1.54 bits per heavy atom. The Morgan fingerprint density at radius 1 is 0.571 bits per heavy atom. The van der Waals surface area contributed by atoms with E-state index in [4.69, 9.17) is 14.2 Å². The van der Waals surface area contributed by atoms with Gasteiger partial charge in [-0.25, -0.2) is 0 Å². The third-order valence-corrected chi connectivity index (χ3v) is 11.6. The number of rotatable bonds is 41. The Balaban J connectivity index is 2.86. The SMILES string of the molecule is CC\C=C/C=C/C=C/C=C\C=C\C=C\CCCCC(O)C(=O)NC(COC1OC(CO)C(O)C(O)C1OC(=O)CCCCC\C=C/C=C\C=C\C=C\CC)C(O)/C=C/CCCCCCCCCCCC. The summed E-state index contributed by atoms with van der Waals surface area (Å²) in [5.41, 5.74) is 0. The summed E-state index contributed by atoms with van der Waals surface area (Å²) in [6.07, 6.45) is 53.6. The first kappa shape index (κ1) is 63.8. The summed E-state index contributed by atoms with van der Waals surface area (Å²) in [5.74, 6) is -1.30. The summed E-state index contributed by atoms with van der Waals surface area (Å²) in [4.78, 5) is 26.4. The molecule has 0 saturated carbocycles. The highest BCUT2D eigenvalue weighted by Gasteiger charge is 2.47. The monoisotopic (exact) mass is 976 g/mol. The van der Waals surface area contributed by atoms with Gasteiger partial charge in [-0.3, -0.25) is 9.59 Å². The number of allylic oxidation sites excluding steroid dienone is 21. The number of ether oxygens (including phenoxy) is 3. The van der Waals surface area contributed by atoms with Crippen LogP contribution >= 0.6 is 0 Å². The van der Waals surface area contributed by atoms with Crippen LogP contribution in [0.15, 0.2) is 134 Å². The maximum absolute atomic E-state index is 13.3. The van der Waals surface area contributed by atoms with Crippen LogP contribution in [0.2, 0.25) is 0 Å². The number of carbonyl (C=O) groups excluding carboxylic acids is 2. The van der Waals surface area contributed by atoms with Crippen LogP contribution < -0.4 is 5.32 Å². The number of aliphatic hydroxyl groups is 5. The third-order valence-electron chi connectivity index (χ3n) is 11.6. The molecule has 0 aromatic rings. The van der Waals surface area contributed by atoms with Gasteiger partial charge in [-0.15, -0.1) is 0 Å². The van der Waals surface area contributed by atoms with Crippen molar-refractivity contribution in [1.29, 1.82) is 0 Å². The van der Waals surface area contributed by atoms with Gasteiger partial charge in [0.05, 0.1) is 25.4 Å². The summed E-state index contributed by atoms with van der Waals surface area (Å²) in [6, 6.07) is -1.06. The second-order valence-electron chi connectivity index (χ2n) is 17.7. The number of unbranched alkanes of at least 4 members (excludes halogenated alkanes) is 15. The molecule has 1 amide bonds. The number of esters is 1. The largest absolute Gasteiger partial charge is 0.454 e. The number of hydrogen-bond acceptors (Lipinski definition) is 10. The summed E-state index contributed by atoms with van der Waals surface area (Å²) in [7, 11) is 0. The fraction of sp³-hybridized carbons (Fsp3) is 0.593. The molecule has 1 fully saturated rings. The molecular formula is C59H93NO10. The maximum atomic E-state index is 13.3. The third kappa shape index (κ3) is 34.2. The molecule has 0 aromatic carbocycles. The highest BCUT2D eigenvalue weighted by molar-refractivity contribution is 5.80. The minimum Gasteiger partial charge on any atom is -0.454 e. The minimum atomic E-state index is -1.65. The van der Waals surface area contributed by atoms with E-state index in [1.165, 1.54) is 44.9 Å². The molecule has 8 unspecified atom stereocenters. The number of amides is 1. The van der Waals surface area contributed by atoms with Gasteiger partial charge in [-0.1, -0.05) is 225 Å². The van der Waals surface area contributed by atoms with Crippen LogP contribution in [-0.2, 0) is 23.8 Å². The second kappa shape index (κ2) is 45.9. The average molecular weight is 976 g/mol. The van der Waals surface area contributed by atoms with E-state index in [2.05, 4.69) is 44.3 Å². The maximum Gasteiger partial charge on any atom is 0.306 e. The molecule has 1 heterocycles. The van der Waals surface area contributed by atoms with Crippen LogP contribution in [0.25, 0.3) is 0 Å². The molecule has 6 N–H and O–H groups in total. The van der Waals surface area contributed by atoms with Crippen molar-refractivity contribution < 1.29 is 49.3 Å². The van der Waals surface area contributed by atoms with E-state index in [-0.39, 0.29) is 19.4 Å². The Morgan fingerprint density at radius 2 is 1.03 bits per heavy atom. The lowest BCUT2D eigenvalue weighted by molar-refractivity contribution is -0.305. The predicted molar refractivity (Wildman–Crippen MR) is 287 cm³/mol. The molecule has 0 radical (unpaired) electrons. The van der Waals surface area contributed by atoms with Gasteiger partial charge < -0.3 is 45.1 Å². The Hall–Kier alpha value is -4.20. The minimum absolute atomic E-state index is 0.0630. The van der Waals surface area contributed by atoms with Gasteiger partial charge in [0, 0.05) is 6.42 Å². The summed E-state index contributed by atoms with van der Waals surface area (Å²) in [5, 5.41) is 56.6. The van der Waals surface area contributed by atoms with Crippen molar-refractivity contribution in [1.82, 2.24) is 5.32 Å². The molecule has 0 aromatic heterocycles. The Bertz CT molecular complexity index is 1640. The highest BCUT2D eigenvalue weighted by Crippen LogP contribution is 2.26. The molecule has 70 heavy (non-hydrogen) atoms. The van der Waals surface area contributed by atoms with E-state index in [1.54, 1.807) is 6.08 Å². The predicted octanol–water partition coefficient (Wildman–Crippen LogP) is 11.3. The number of nitrogens with one attached hydrogen (secondary N) is 1. The van der Waals surface area contributed by atoms with Crippen LogP contribution in [0.3, 0.4) is 0 Å². The van der Waals surface area contributed by atoms with Crippen LogP contribution in [0, 0.1) is 0 Å². The number of aliphatic hydroxyl groups excluding tert-OH is 5. The Labute approximate surface area is 422 Å². The lowest BCUT2D eigenvalue weighted by atomic mass is 9.99. The van der Waals surface area contributed by atoms with Crippen molar-refractivity contribution in [2.24, 2.45) is 0 Å². The van der Waals surface area contributed by atoms with Gasteiger partial charge in [0.1, 0.15) is 24.4 Å². The van der Waals surface area contributed by atoms with Gasteiger partial charge in [-0.05, 0) is 64.2 Å². The zero-order valence-corrected chi connectivity index (χ0v) is 43.1. The molecule has 1 saturated heterocycles.